The third-order valence-corrected chi connectivity index (χ3v) is 5.53. The minimum absolute atomic E-state index is 0.597. The van der Waals surface area contributed by atoms with E-state index in [0.717, 1.165) is 24.3 Å². The van der Waals surface area contributed by atoms with Crippen molar-refractivity contribution in [3.63, 3.8) is 0 Å². The number of rotatable bonds is 2. The van der Waals surface area contributed by atoms with Crippen LogP contribution in [-0.4, -0.2) is 6.54 Å². The number of fused-ring (bicyclic) bond motifs is 2. The summed E-state index contributed by atoms with van der Waals surface area (Å²) >= 11 is 0. The SMILES string of the molecule is NCC1(C2CC3CCC2C3)CCCC1. The summed E-state index contributed by atoms with van der Waals surface area (Å²) < 4.78 is 0. The molecule has 2 N–H and O–H groups in total. The molecule has 3 atom stereocenters. The molecule has 0 aromatic heterocycles. The zero-order valence-corrected chi connectivity index (χ0v) is 9.17. The topological polar surface area (TPSA) is 26.0 Å². The molecule has 3 aliphatic rings. The van der Waals surface area contributed by atoms with Gasteiger partial charge in [0.05, 0.1) is 0 Å². The predicted molar refractivity (Wildman–Crippen MR) is 58.9 cm³/mol. The van der Waals surface area contributed by atoms with Crippen LogP contribution in [0.15, 0.2) is 0 Å². The average molecular weight is 193 g/mol. The quantitative estimate of drug-likeness (QED) is 0.717. The molecule has 0 radical (unpaired) electrons. The van der Waals surface area contributed by atoms with Gasteiger partial charge in [-0.3, -0.25) is 0 Å². The summed E-state index contributed by atoms with van der Waals surface area (Å²) in [7, 11) is 0. The van der Waals surface area contributed by atoms with Crippen LogP contribution >= 0.6 is 0 Å². The van der Waals surface area contributed by atoms with Gasteiger partial charge in [-0.05, 0) is 61.8 Å². The number of hydrogen-bond acceptors (Lipinski definition) is 1. The molecule has 3 saturated carbocycles. The van der Waals surface area contributed by atoms with Crippen LogP contribution in [0.3, 0.4) is 0 Å². The Labute approximate surface area is 87.4 Å². The molecule has 3 unspecified atom stereocenters. The van der Waals surface area contributed by atoms with Crippen LogP contribution in [0, 0.1) is 23.2 Å². The summed E-state index contributed by atoms with van der Waals surface area (Å²) in [5, 5.41) is 0. The first kappa shape index (κ1) is 9.21. The van der Waals surface area contributed by atoms with Crippen LogP contribution in [0.2, 0.25) is 0 Å². The summed E-state index contributed by atoms with van der Waals surface area (Å²) in [6, 6.07) is 0. The minimum atomic E-state index is 0.597. The van der Waals surface area contributed by atoms with Gasteiger partial charge in [0, 0.05) is 0 Å². The predicted octanol–water partition coefficient (Wildman–Crippen LogP) is 2.94. The highest BCUT2D eigenvalue weighted by Gasteiger charge is 2.50. The Balaban J connectivity index is 1.80. The van der Waals surface area contributed by atoms with Crippen molar-refractivity contribution in [1.29, 1.82) is 0 Å². The molecule has 3 aliphatic carbocycles. The molecule has 1 heteroatoms. The van der Waals surface area contributed by atoms with Crippen LogP contribution < -0.4 is 5.73 Å². The lowest BCUT2D eigenvalue weighted by Crippen LogP contribution is -2.38. The van der Waals surface area contributed by atoms with Crippen molar-refractivity contribution in [1.82, 2.24) is 0 Å². The Kier molecular flexibility index (Phi) is 2.12. The van der Waals surface area contributed by atoms with Gasteiger partial charge in [0.1, 0.15) is 0 Å². The van der Waals surface area contributed by atoms with E-state index in [9.17, 15) is 0 Å². The molecule has 2 bridgehead atoms. The lowest BCUT2D eigenvalue weighted by atomic mass is 9.67. The van der Waals surface area contributed by atoms with E-state index in [1.54, 1.807) is 6.42 Å². The van der Waals surface area contributed by atoms with Gasteiger partial charge in [-0.25, -0.2) is 0 Å². The molecule has 1 nitrogen and oxygen atoms in total. The van der Waals surface area contributed by atoms with Crippen LogP contribution in [-0.2, 0) is 0 Å². The highest BCUT2D eigenvalue weighted by atomic mass is 14.7. The fourth-order valence-corrected chi connectivity index (χ4v) is 4.80. The third kappa shape index (κ3) is 1.18. The molecule has 0 aliphatic heterocycles. The van der Waals surface area contributed by atoms with Gasteiger partial charge in [-0.1, -0.05) is 19.3 Å². The van der Waals surface area contributed by atoms with Crippen LogP contribution in [0.1, 0.15) is 51.4 Å². The lowest BCUT2D eigenvalue weighted by Gasteiger charge is -2.39. The highest BCUT2D eigenvalue weighted by molar-refractivity contribution is 5.01. The molecule has 0 spiro atoms. The van der Waals surface area contributed by atoms with Gasteiger partial charge >= 0.3 is 0 Å². The maximum absolute atomic E-state index is 6.08. The van der Waals surface area contributed by atoms with E-state index < -0.39 is 0 Å². The van der Waals surface area contributed by atoms with Crippen LogP contribution in [0.5, 0.6) is 0 Å². The molecular formula is C13H23N. The number of hydrogen-bond donors (Lipinski definition) is 1. The average Bonchev–Trinajstić information content (AvgIpc) is 2.94. The van der Waals surface area contributed by atoms with Gasteiger partial charge in [0.15, 0.2) is 0 Å². The summed E-state index contributed by atoms with van der Waals surface area (Å²) in [6.07, 6.45) is 11.9. The summed E-state index contributed by atoms with van der Waals surface area (Å²) in [5.41, 5.74) is 6.68. The fraction of sp³-hybridized carbons (Fsp3) is 1.00. The van der Waals surface area contributed by atoms with E-state index in [0.29, 0.717) is 5.41 Å². The summed E-state index contributed by atoms with van der Waals surface area (Å²) in [6.45, 7) is 0.973. The molecule has 0 saturated heterocycles. The van der Waals surface area contributed by atoms with E-state index in [1.165, 1.54) is 44.9 Å². The van der Waals surface area contributed by atoms with E-state index in [4.69, 9.17) is 5.73 Å². The van der Waals surface area contributed by atoms with Gasteiger partial charge < -0.3 is 5.73 Å². The van der Waals surface area contributed by atoms with Crippen molar-refractivity contribution < 1.29 is 0 Å². The molecule has 0 aromatic carbocycles. The second kappa shape index (κ2) is 3.23. The zero-order valence-electron chi connectivity index (χ0n) is 9.17. The first-order valence-corrected chi connectivity index (χ1v) is 6.54. The molecule has 3 rings (SSSR count). The Bertz CT molecular complexity index is 217. The monoisotopic (exact) mass is 193 g/mol. The lowest BCUT2D eigenvalue weighted by molar-refractivity contribution is 0.115. The molecule has 80 valence electrons. The van der Waals surface area contributed by atoms with E-state index in [2.05, 4.69) is 0 Å². The first-order valence-electron chi connectivity index (χ1n) is 6.54. The second-order valence-electron chi connectivity index (χ2n) is 6.05. The molecule has 0 aromatic rings. The Morgan fingerprint density at radius 2 is 1.86 bits per heavy atom. The molecular weight excluding hydrogens is 170 g/mol. The first-order chi connectivity index (χ1) is 6.84. The van der Waals surface area contributed by atoms with Crippen molar-refractivity contribution >= 4 is 0 Å². The van der Waals surface area contributed by atoms with E-state index in [1.807, 2.05) is 0 Å². The summed E-state index contributed by atoms with van der Waals surface area (Å²) in [4.78, 5) is 0. The van der Waals surface area contributed by atoms with Gasteiger partial charge in [0.25, 0.3) is 0 Å². The van der Waals surface area contributed by atoms with Crippen molar-refractivity contribution in [3.05, 3.63) is 0 Å². The molecule has 0 heterocycles. The van der Waals surface area contributed by atoms with Crippen LogP contribution in [0.25, 0.3) is 0 Å². The maximum Gasteiger partial charge on any atom is -0.00178 e. The Morgan fingerprint density at radius 1 is 1.07 bits per heavy atom. The standard InChI is InChI=1S/C13H23N/c14-9-13(5-1-2-6-13)12-8-10-3-4-11(12)7-10/h10-12H,1-9,14H2. The normalized spacial score (nSPS) is 44.8. The Hall–Kier alpha value is -0.0400. The smallest absolute Gasteiger partial charge is 0.00178 e. The highest BCUT2D eigenvalue weighted by Crippen LogP contribution is 2.58. The van der Waals surface area contributed by atoms with Gasteiger partial charge in [-0.15, -0.1) is 0 Å². The van der Waals surface area contributed by atoms with Crippen molar-refractivity contribution in [2.45, 2.75) is 51.4 Å². The third-order valence-electron chi connectivity index (χ3n) is 5.53. The van der Waals surface area contributed by atoms with Crippen molar-refractivity contribution in [2.24, 2.45) is 28.9 Å². The van der Waals surface area contributed by atoms with E-state index in [-0.39, 0.29) is 0 Å². The van der Waals surface area contributed by atoms with E-state index >= 15 is 0 Å². The number of nitrogens with two attached hydrogens (primary N) is 1. The minimum Gasteiger partial charge on any atom is -0.330 e. The molecule has 14 heavy (non-hydrogen) atoms. The fourth-order valence-electron chi connectivity index (χ4n) is 4.80. The Morgan fingerprint density at radius 3 is 2.36 bits per heavy atom. The molecule has 0 amide bonds. The van der Waals surface area contributed by atoms with Crippen LogP contribution in [0.4, 0.5) is 0 Å². The zero-order chi connectivity index (χ0) is 9.60. The summed E-state index contributed by atoms with van der Waals surface area (Å²) in [5.74, 6) is 3.18. The van der Waals surface area contributed by atoms with Crippen molar-refractivity contribution in [2.75, 3.05) is 6.54 Å². The largest absolute Gasteiger partial charge is 0.330 e. The van der Waals surface area contributed by atoms with Gasteiger partial charge in [0.2, 0.25) is 0 Å². The maximum atomic E-state index is 6.08. The molecule has 3 fully saturated rings. The van der Waals surface area contributed by atoms with Crippen molar-refractivity contribution in [3.8, 4) is 0 Å². The second-order valence-corrected chi connectivity index (χ2v) is 6.05. The van der Waals surface area contributed by atoms with Gasteiger partial charge in [-0.2, -0.15) is 0 Å².